The van der Waals surface area contributed by atoms with Gasteiger partial charge in [-0.05, 0) is 35.4 Å². The number of nitrogens with two attached hydrogens (primary N) is 1. The SMILES string of the molecule is COc1ccc(CN(C)C(=O)c2ccc(CN)cc2)cc1OC(F)F. The van der Waals surface area contributed by atoms with Crippen molar-refractivity contribution in [2.45, 2.75) is 19.7 Å². The van der Waals surface area contributed by atoms with Gasteiger partial charge in [-0.25, -0.2) is 0 Å². The molecule has 0 radical (unpaired) electrons. The monoisotopic (exact) mass is 350 g/mol. The van der Waals surface area contributed by atoms with Crippen molar-refractivity contribution in [2.75, 3.05) is 14.2 Å². The third kappa shape index (κ3) is 4.90. The standard InChI is InChI=1S/C18H20F2N2O3/c1-22(17(23)14-6-3-12(10-21)4-7-14)11-13-5-8-15(24-2)16(9-13)25-18(19)20/h3-9,18H,10-11,21H2,1-2H3. The van der Waals surface area contributed by atoms with Gasteiger partial charge in [0, 0.05) is 25.7 Å². The van der Waals surface area contributed by atoms with Gasteiger partial charge >= 0.3 is 6.61 Å². The number of alkyl halides is 2. The fraction of sp³-hybridized carbons (Fsp3) is 0.278. The van der Waals surface area contributed by atoms with Crippen LogP contribution >= 0.6 is 0 Å². The highest BCUT2D eigenvalue weighted by Gasteiger charge is 2.15. The van der Waals surface area contributed by atoms with E-state index < -0.39 is 6.61 Å². The van der Waals surface area contributed by atoms with Gasteiger partial charge in [0.15, 0.2) is 11.5 Å². The van der Waals surface area contributed by atoms with Crippen molar-refractivity contribution in [3.8, 4) is 11.5 Å². The van der Waals surface area contributed by atoms with Gasteiger partial charge < -0.3 is 20.1 Å². The zero-order chi connectivity index (χ0) is 18.4. The molecule has 2 aromatic carbocycles. The molecule has 0 aliphatic carbocycles. The van der Waals surface area contributed by atoms with Gasteiger partial charge in [0.1, 0.15) is 0 Å². The van der Waals surface area contributed by atoms with E-state index in [1.54, 1.807) is 37.4 Å². The molecule has 0 aromatic heterocycles. The van der Waals surface area contributed by atoms with Crippen molar-refractivity contribution < 1.29 is 23.0 Å². The number of carbonyl (C=O) groups excluding carboxylic acids is 1. The largest absolute Gasteiger partial charge is 0.493 e. The molecule has 0 aliphatic heterocycles. The highest BCUT2D eigenvalue weighted by Crippen LogP contribution is 2.30. The summed E-state index contributed by atoms with van der Waals surface area (Å²) in [5.74, 6) is -0.0470. The average molecular weight is 350 g/mol. The van der Waals surface area contributed by atoms with Crippen molar-refractivity contribution in [1.82, 2.24) is 4.90 Å². The van der Waals surface area contributed by atoms with Crippen LogP contribution in [0, 0.1) is 0 Å². The van der Waals surface area contributed by atoms with Crippen LogP contribution < -0.4 is 15.2 Å². The lowest BCUT2D eigenvalue weighted by Crippen LogP contribution is -2.26. The highest BCUT2D eigenvalue weighted by molar-refractivity contribution is 5.94. The van der Waals surface area contributed by atoms with Gasteiger partial charge in [-0.2, -0.15) is 8.78 Å². The summed E-state index contributed by atoms with van der Waals surface area (Å²) in [4.78, 5) is 13.9. The van der Waals surface area contributed by atoms with Crippen LogP contribution in [-0.4, -0.2) is 31.6 Å². The molecule has 0 saturated heterocycles. The maximum absolute atomic E-state index is 12.5. The molecule has 0 unspecified atom stereocenters. The normalized spacial score (nSPS) is 10.6. The number of carbonyl (C=O) groups is 1. The first-order chi connectivity index (χ1) is 11.9. The van der Waals surface area contributed by atoms with E-state index in [0.29, 0.717) is 17.7 Å². The predicted molar refractivity (Wildman–Crippen MR) is 89.8 cm³/mol. The zero-order valence-corrected chi connectivity index (χ0v) is 14.0. The topological polar surface area (TPSA) is 64.8 Å². The number of halogens is 2. The maximum atomic E-state index is 12.5. The molecular weight excluding hydrogens is 330 g/mol. The second-order valence-corrected chi connectivity index (χ2v) is 5.43. The number of nitrogens with zero attached hydrogens (tertiary/aromatic N) is 1. The summed E-state index contributed by atoms with van der Waals surface area (Å²) in [6.45, 7) is -2.31. The number of hydrogen-bond acceptors (Lipinski definition) is 4. The summed E-state index contributed by atoms with van der Waals surface area (Å²) in [5.41, 5.74) is 7.64. The van der Waals surface area contributed by atoms with Gasteiger partial charge in [-0.3, -0.25) is 4.79 Å². The lowest BCUT2D eigenvalue weighted by atomic mass is 10.1. The van der Waals surface area contributed by atoms with Crippen LogP contribution in [0.3, 0.4) is 0 Å². The second kappa shape index (κ2) is 8.43. The Morgan fingerprint density at radius 1 is 1.12 bits per heavy atom. The highest BCUT2D eigenvalue weighted by atomic mass is 19.3. The van der Waals surface area contributed by atoms with Crippen LogP contribution in [0.1, 0.15) is 21.5 Å². The van der Waals surface area contributed by atoms with Crippen LogP contribution in [0.15, 0.2) is 42.5 Å². The minimum atomic E-state index is -2.95. The van der Waals surface area contributed by atoms with E-state index in [4.69, 9.17) is 10.5 Å². The summed E-state index contributed by atoms with van der Waals surface area (Å²) in [7, 11) is 3.01. The Bertz CT molecular complexity index is 721. The lowest BCUT2D eigenvalue weighted by molar-refractivity contribution is -0.0512. The summed E-state index contributed by atoms with van der Waals surface area (Å²) < 4.78 is 34.4. The van der Waals surface area contributed by atoms with Crippen LogP contribution in [0.4, 0.5) is 8.78 Å². The Morgan fingerprint density at radius 3 is 2.32 bits per heavy atom. The van der Waals surface area contributed by atoms with E-state index in [-0.39, 0.29) is 24.0 Å². The van der Waals surface area contributed by atoms with Crippen molar-refractivity contribution in [2.24, 2.45) is 5.73 Å². The van der Waals surface area contributed by atoms with Crippen molar-refractivity contribution in [3.63, 3.8) is 0 Å². The molecule has 5 nitrogen and oxygen atoms in total. The first-order valence-corrected chi connectivity index (χ1v) is 7.60. The van der Waals surface area contributed by atoms with E-state index in [2.05, 4.69) is 4.74 Å². The van der Waals surface area contributed by atoms with Gasteiger partial charge in [0.05, 0.1) is 7.11 Å². The number of hydrogen-bond donors (Lipinski definition) is 1. The number of benzene rings is 2. The molecule has 2 rings (SSSR count). The van der Waals surface area contributed by atoms with Gasteiger partial charge in [0.2, 0.25) is 0 Å². The maximum Gasteiger partial charge on any atom is 0.387 e. The van der Waals surface area contributed by atoms with Crippen LogP contribution in [0.5, 0.6) is 11.5 Å². The molecular formula is C18H20F2N2O3. The first kappa shape index (κ1) is 18.7. The number of amides is 1. The second-order valence-electron chi connectivity index (χ2n) is 5.43. The number of methoxy groups -OCH3 is 1. The Hall–Kier alpha value is -2.67. The molecule has 134 valence electrons. The molecule has 0 fully saturated rings. The van der Waals surface area contributed by atoms with E-state index in [1.165, 1.54) is 24.1 Å². The van der Waals surface area contributed by atoms with Crippen LogP contribution in [0.25, 0.3) is 0 Å². The minimum Gasteiger partial charge on any atom is -0.493 e. The quantitative estimate of drug-likeness (QED) is 0.834. The molecule has 0 heterocycles. The average Bonchev–Trinajstić information content (AvgIpc) is 2.61. The van der Waals surface area contributed by atoms with Crippen LogP contribution in [-0.2, 0) is 13.1 Å². The molecule has 0 saturated carbocycles. The smallest absolute Gasteiger partial charge is 0.387 e. The van der Waals surface area contributed by atoms with E-state index in [9.17, 15) is 13.6 Å². The molecule has 0 aliphatic rings. The molecule has 2 N–H and O–H groups in total. The molecule has 7 heteroatoms. The summed E-state index contributed by atoms with van der Waals surface area (Å²) in [6, 6.07) is 11.7. The third-order valence-corrected chi connectivity index (χ3v) is 3.65. The van der Waals surface area contributed by atoms with Crippen molar-refractivity contribution in [1.29, 1.82) is 0 Å². The van der Waals surface area contributed by atoms with Gasteiger partial charge in [0.25, 0.3) is 5.91 Å². The molecule has 25 heavy (non-hydrogen) atoms. The zero-order valence-electron chi connectivity index (χ0n) is 14.0. The van der Waals surface area contributed by atoms with E-state index >= 15 is 0 Å². The Kier molecular flexibility index (Phi) is 6.30. The van der Waals surface area contributed by atoms with E-state index in [1.807, 2.05) is 0 Å². The third-order valence-electron chi connectivity index (χ3n) is 3.65. The lowest BCUT2D eigenvalue weighted by Gasteiger charge is -2.19. The first-order valence-electron chi connectivity index (χ1n) is 7.60. The Labute approximate surface area is 144 Å². The summed E-state index contributed by atoms with van der Waals surface area (Å²) in [5, 5.41) is 0. The molecule has 2 aromatic rings. The molecule has 0 atom stereocenters. The van der Waals surface area contributed by atoms with Crippen molar-refractivity contribution >= 4 is 5.91 Å². The minimum absolute atomic E-state index is 0.0665. The Balaban J connectivity index is 2.13. The van der Waals surface area contributed by atoms with Gasteiger partial charge in [-0.15, -0.1) is 0 Å². The number of ether oxygens (including phenoxy) is 2. The molecule has 0 bridgehead atoms. The van der Waals surface area contributed by atoms with Gasteiger partial charge in [-0.1, -0.05) is 18.2 Å². The molecule has 0 spiro atoms. The van der Waals surface area contributed by atoms with E-state index in [0.717, 1.165) is 5.56 Å². The molecule has 1 amide bonds. The summed E-state index contributed by atoms with van der Waals surface area (Å²) in [6.07, 6.45) is 0. The fourth-order valence-corrected chi connectivity index (χ4v) is 2.36. The predicted octanol–water partition coefficient (Wildman–Crippen LogP) is 3.03. The Morgan fingerprint density at radius 2 is 1.76 bits per heavy atom. The van der Waals surface area contributed by atoms with Crippen molar-refractivity contribution in [3.05, 3.63) is 59.2 Å². The van der Waals surface area contributed by atoms with Crippen LogP contribution in [0.2, 0.25) is 0 Å². The fourth-order valence-electron chi connectivity index (χ4n) is 2.36. The summed E-state index contributed by atoms with van der Waals surface area (Å²) >= 11 is 0. The number of rotatable bonds is 7.